The van der Waals surface area contributed by atoms with Crippen molar-refractivity contribution >= 4 is 19.5 Å². The van der Waals surface area contributed by atoms with Crippen LogP contribution in [0.15, 0.2) is 11.6 Å². The summed E-state index contributed by atoms with van der Waals surface area (Å²) in [5.74, 6) is -1.87. The number of hydrogen-bond donors (Lipinski definition) is 4. The SMILES string of the molecule is CCOC(=O)COCCC(=CC(N)C(=O)O)CP(=O)(O)O. The molecule has 0 saturated carbocycles. The lowest BCUT2D eigenvalue weighted by atomic mass is 10.1. The highest BCUT2D eigenvalue weighted by molar-refractivity contribution is 7.52. The summed E-state index contributed by atoms with van der Waals surface area (Å²) in [6, 6.07) is -1.36. The zero-order chi connectivity index (χ0) is 16.5. The second-order valence-electron chi connectivity index (χ2n) is 4.12. The highest BCUT2D eigenvalue weighted by atomic mass is 31.2. The first-order valence-corrected chi connectivity index (χ1v) is 7.91. The lowest BCUT2D eigenvalue weighted by molar-refractivity contribution is -0.148. The summed E-state index contributed by atoms with van der Waals surface area (Å²) in [5.41, 5.74) is 5.44. The molecule has 21 heavy (non-hydrogen) atoms. The molecule has 1 atom stereocenters. The Morgan fingerprint density at radius 2 is 2.00 bits per heavy atom. The third-order valence-electron chi connectivity index (χ3n) is 2.20. The van der Waals surface area contributed by atoms with Crippen LogP contribution in [-0.4, -0.2) is 58.9 Å². The molecule has 0 aliphatic carbocycles. The zero-order valence-electron chi connectivity index (χ0n) is 11.6. The van der Waals surface area contributed by atoms with Gasteiger partial charge in [0.05, 0.1) is 19.4 Å². The molecule has 9 nitrogen and oxygen atoms in total. The van der Waals surface area contributed by atoms with Gasteiger partial charge in [0.1, 0.15) is 12.6 Å². The third kappa shape index (κ3) is 11.1. The van der Waals surface area contributed by atoms with E-state index < -0.39 is 31.7 Å². The summed E-state index contributed by atoms with van der Waals surface area (Å²) in [5, 5.41) is 8.68. The molecule has 0 bridgehead atoms. The number of hydrogen-bond acceptors (Lipinski definition) is 6. The van der Waals surface area contributed by atoms with Crippen molar-refractivity contribution in [2.24, 2.45) is 5.73 Å². The van der Waals surface area contributed by atoms with Crippen molar-refractivity contribution in [2.75, 3.05) is 26.0 Å². The maximum absolute atomic E-state index is 11.0. The third-order valence-corrected chi connectivity index (χ3v) is 3.02. The van der Waals surface area contributed by atoms with Crippen molar-refractivity contribution in [3.8, 4) is 0 Å². The lowest BCUT2D eigenvalue weighted by Gasteiger charge is -2.11. The normalized spacial score (nSPS) is 13.8. The van der Waals surface area contributed by atoms with Crippen LogP contribution in [0, 0.1) is 0 Å². The fourth-order valence-corrected chi connectivity index (χ4v) is 2.16. The van der Waals surface area contributed by atoms with E-state index in [0.29, 0.717) is 0 Å². The van der Waals surface area contributed by atoms with Crippen molar-refractivity contribution in [3.05, 3.63) is 11.6 Å². The molecule has 1 unspecified atom stereocenters. The smallest absolute Gasteiger partial charge is 0.332 e. The molecule has 0 fully saturated rings. The largest absolute Gasteiger partial charge is 0.480 e. The van der Waals surface area contributed by atoms with E-state index in [4.69, 9.17) is 25.4 Å². The first-order valence-electron chi connectivity index (χ1n) is 6.11. The summed E-state index contributed by atoms with van der Waals surface area (Å²) in [7, 11) is -4.35. The van der Waals surface area contributed by atoms with Gasteiger partial charge in [-0.2, -0.15) is 0 Å². The van der Waals surface area contributed by atoms with Crippen LogP contribution in [-0.2, 0) is 23.6 Å². The van der Waals surface area contributed by atoms with Crippen molar-refractivity contribution in [1.29, 1.82) is 0 Å². The fraction of sp³-hybridized carbons (Fsp3) is 0.636. The van der Waals surface area contributed by atoms with Crippen molar-refractivity contribution in [3.63, 3.8) is 0 Å². The van der Waals surface area contributed by atoms with Crippen molar-refractivity contribution in [1.82, 2.24) is 0 Å². The van der Waals surface area contributed by atoms with E-state index >= 15 is 0 Å². The number of carboxylic acids is 1. The van der Waals surface area contributed by atoms with Crippen LogP contribution in [0.4, 0.5) is 0 Å². The summed E-state index contributed by atoms with van der Waals surface area (Å²) in [4.78, 5) is 39.5. The number of ether oxygens (including phenoxy) is 2. The molecule has 0 rings (SSSR count). The van der Waals surface area contributed by atoms with Gasteiger partial charge in [0, 0.05) is 0 Å². The van der Waals surface area contributed by atoms with Crippen LogP contribution < -0.4 is 5.73 Å². The van der Waals surface area contributed by atoms with E-state index in [-0.39, 0.29) is 31.8 Å². The van der Waals surface area contributed by atoms with E-state index in [9.17, 15) is 14.2 Å². The van der Waals surface area contributed by atoms with E-state index in [2.05, 4.69) is 4.74 Å². The van der Waals surface area contributed by atoms with Crippen molar-refractivity contribution in [2.45, 2.75) is 19.4 Å². The maximum atomic E-state index is 11.0. The van der Waals surface area contributed by atoms with Gasteiger partial charge in [-0.25, -0.2) is 4.79 Å². The maximum Gasteiger partial charge on any atom is 0.332 e. The number of nitrogens with two attached hydrogens (primary N) is 1. The Morgan fingerprint density at radius 3 is 2.48 bits per heavy atom. The van der Waals surface area contributed by atoms with Crippen LogP contribution in [0.3, 0.4) is 0 Å². The zero-order valence-corrected chi connectivity index (χ0v) is 12.5. The lowest BCUT2D eigenvalue weighted by Crippen LogP contribution is -2.28. The first-order chi connectivity index (χ1) is 9.65. The highest BCUT2D eigenvalue weighted by Gasteiger charge is 2.18. The van der Waals surface area contributed by atoms with E-state index in [1.165, 1.54) is 0 Å². The Bertz CT molecular complexity index is 430. The van der Waals surface area contributed by atoms with E-state index in [0.717, 1.165) is 6.08 Å². The topological polar surface area (TPSA) is 156 Å². The Hall–Kier alpha value is -1.25. The van der Waals surface area contributed by atoms with Crippen LogP contribution >= 0.6 is 7.60 Å². The molecule has 0 amide bonds. The molecule has 5 N–H and O–H groups in total. The van der Waals surface area contributed by atoms with Gasteiger partial charge in [0.2, 0.25) is 0 Å². The number of rotatable bonds is 10. The number of carboxylic acid groups (broad SMARTS) is 1. The monoisotopic (exact) mass is 325 g/mol. The Balaban J connectivity index is 4.46. The van der Waals surface area contributed by atoms with Crippen LogP contribution in [0.1, 0.15) is 13.3 Å². The summed E-state index contributed by atoms with van der Waals surface area (Å²) in [6.45, 7) is 1.56. The van der Waals surface area contributed by atoms with Gasteiger partial charge in [0.25, 0.3) is 0 Å². The minimum absolute atomic E-state index is 0.0169. The Kier molecular flexibility index (Phi) is 9.07. The van der Waals surface area contributed by atoms with Gasteiger partial charge < -0.3 is 30.1 Å². The van der Waals surface area contributed by atoms with Gasteiger partial charge in [-0.05, 0) is 13.3 Å². The molecule has 0 aliphatic heterocycles. The second kappa shape index (κ2) is 9.64. The minimum atomic E-state index is -4.35. The van der Waals surface area contributed by atoms with Crippen molar-refractivity contribution < 1.29 is 38.5 Å². The molecule has 10 heteroatoms. The minimum Gasteiger partial charge on any atom is -0.480 e. The molecule has 0 heterocycles. The molecule has 0 saturated heterocycles. The average Bonchev–Trinajstić information content (AvgIpc) is 2.32. The number of carbonyl (C=O) groups excluding carboxylic acids is 1. The van der Waals surface area contributed by atoms with Gasteiger partial charge in [-0.3, -0.25) is 9.36 Å². The molecule has 0 aliphatic rings. The van der Waals surface area contributed by atoms with Gasteiger partial charge in [-0.15, -0.1) is 0 Å². The van der Waals surface area contributed by atoms with Crippen LogP contribution in [0.2, 0.25) is 0 Å². The molecule has 0 radical (unpaired) electrons. The highest BCUT2D eigenvalue weighted by Crippen LogP contribution is 2.37. The number of aliphatic carboxylic acids is 1. The Labute approximate surface area is 121 Å². The standard InChI is InChI=1S/C11H20NO8P/c1-2-20-10(13)6-19-4-3-8(7-21(16,17)18)5-9(12)11(14)15/h5,9H,2-4,6-7,12H2,1H3,(H,14,15)(H2,16,17,18). The summed E-state index contributed by atoms with van der Waals surface area (Å²) < 4.78 is 20.6. The second-order valence-corrected chi connectivity index (χ2v) is 5.76. The molecule has 0 aromatic carbocycles. The summed E-state index contributed by atoms with van der Waals surface area (Å²) in [6.07, 6.45) is 0.497. The van der Waals surface area contributed by atoms with Gasteiger partial charge >= 0.3 is 19.5 Å². The molecule has 122 valence electrons. The summed E-state index contributed by atoms with van der Waals surface area (Å²) >= 11 is 0. The predicted octanol–water partition coefficient (Wildman–Crippen LogP) is -0.528. The quantitative estimate of drug-likeness (QED) is 0.179. The molecular formula is C11H20NO8P. The van der Waals surface area contributed by atoms with E-state index in [1.54, 1.807) is 6.92 Å². The molecule has 0 aromatic heterocycles. The van der Waals surface area contributed by atoms with E-state index in [1.807, 2.05) is 0 Å². The first kappa shape index (κ1) is 19.8. The fourth-order valence-electron chi connectivity index (χ4n) is 1.37. The molecular weight excluding hydrogens is 305 g/mol. The van der Waals surface area contributed by atoms with Crippen LogP contribution in [0.25, 0.3) is 0 Å². The number of carbonyl (C=O) groups is 2. The average molecular weight is 325 g/mol. The van der Waals surface area contributed by atoms with Gasteiger partial charge in [-0.1, -0.05) is 11.6 Å². The molecule has 0 aromatic rings. The Morgan fingerprint density at radius 1 is 1.38 bits per heavy atom. The predicted molar refractivity (Wildman–Crippen MR) is 72.7 cm³/mol. The number of esters is 1. The van der Waals surface area contributed by atoms with Gasteiger partial charge in [0.15, 0.2) is 0 Å². The molecule has 0 spiro atoms. The van der Waals surface area contributed by atoms with Crippen LogP contribution in [0.5, 0.6) is 0 Å².